The van der Waals surface area contributed by atoms with Gasteiger partial charge in [-0.1, -0.05) is 30.3 Å². The Balaban J connectivity index is 2.49. The normalized spacial score (nSPS) is 13.9. The van der Waals surface area contributed by atoms with Crippen molar-refractivity contribution >= 4 is 0 Å². The Morgan fingerprint density at radius 2 is 1.83 bits per heavy atom. The van der Waals surface area contributed by atoms with E-state index in [9.17, 15) is 13.2 Å². The number of hydrogen-bond acceptors (Lipinski definition) is 2. The fourth-order valence-corrected chi connectivity index (χ4v) is 1.83. The molecule has 0 radical (unpaired) electrons. The molecule has 0 aliphatic heterocycles. The molecule has 0 saturated carbocycles. The molecule has 1 rings (SSSR count). The molecule has 0 aromatic heterocycles. The van der Waals surface area contributed by atoms with Crippen LogP contribution in [0.3, 0.4) is 0 Å². The van der Waals surface area contributed by atoms with Gasteiger partial charge >= 0.3 is 6.18 Å². The van der Waals surface area contributed by atoms with Crippen molar-refractivity contribution in [3.05, 3.63) is 35.9 Å². The predicted molar refractivity (Wildman–Crippen MR) is 66.4 cm³/mol. The van der Waals surface area contributed by atoms with Crippen LogP contribution >= 0.6 is 0 Å². The molecular formula is C13H19F3N2. The molecule has 0 aliphatic carbocycles. The van der Waals surface area contributed by atoms with Gasteiger partial charge in [0, 0.05) is 25.6 Å². The molecule has 18 heavy (non-hydrogen) atoms. The minimum absolute atomic E-state index is 0.00678. The molecule has 1 aromatic rings. The lowest BCUT2D eigenvalue weighted by Crippen LogP contribution is -2.31. The maximum absolute atomic E-state index is 12.1. The van der Waals surface area contributed by atoms with Crippen LogP contribution in [0.2, 0.25) is 0 Å². The smallest absolute Gasteiger partial charge is 0.330 e. The first-order chi connectivity index (χ1) is 8.42. The van der Waals surface area contributed by atoms with Gasteiger partial charge in [0.05, 0.1) is 6.42 Å². The van der Waals surface area contributed by atoms with E-state index in [1.165, 1.54) is 0 Å². The van der Waals surface area contributed by atoms with Crippen LogP contribution < -0.4 is 5.73 Å². The van der Waals surface area contributed by atoms with Crippen molar-refractivity contribution in [2.45, 2.75) is 18.5 Å². The molecule has 0 heterocycles. The zero-order valence-electron chi connectivity index (χ0n) is 10.5. The maximum Gasteiger partial charge on any atom is 0.390 e. The molecule has 0 aliphatic rings. The highest BCUT2D eigenvalue weighted by Crippen LogP contribution is 2.21. The molecule has 2 N–H and O–H groups in total. The molecule has 102 valence electrons. The Morgan fingerprint density at radius 3 is 2.33 bits per heavy atom. The minimum atomic E-state index is -4.10. The number of nitrogens with zero attached hydrogens (tertiary/aromatic N) is 1. The summed E-state index contributed by atoms with van der Waals surface area (Å²) in [6, 6.07) is 9.64. The van der Waals surface area contributed by atoms with Gasteiger partial charge in [0.1, 0.15) is 0 Å². The van der Waals surface area contributed by atoms with Gasteiger partial charge in [-0.25, -0.2) is 0 Å². The highest BCUT2D eigenvalue weighted by molar-refractivity contribution is 5.20. The summed E-state index contributed by atoms with van der Waals surface area (Å²) in [6.07, 6.45) is -4.88. The van der Waals surface area contributed by atoms with E-state index in [0.29, 0.717) is 13.1 Å². The zero-order valence-corrected chi connectivity index (χ0v) is 10.5. The summed E-state index contributed by atoms with van der Waals surface area (Å²) in [5, 5.41) is 0. The van der Waals surface area contributed by atoms with Gasteiger partial charge in [-0.2, -0.15) is 13.2 Å². The highest BCUT2D eigenvalue weighted by Gasteiger charge is 2.27. The fourth-order valence-electron chi connectivity index (χ4n) is 1.83. The Bertz CT molecular complexity index is 338. The Kier molecular flexibility index (Phi) is 5.62. The van der Waals surface area contributed by atoms with E-state index in [1.807, 2.05) is 30.3 Å². The molecule has 0 fully saturated rings. The van der Waals surface area contributed by atoms with Gasteiger partial charge in [-0.3, -0.25) is 0 Å². The van der Waals surface area contributed by atoms with Crippen LogP contribution in [-0.4, -0.2) is 37.8 Å². The van der Waals surface area contributed by atoms with Crippen LogP contribution in [0, 0.1) is 0 Å². The summed E-state index contributed by atoms with van der Waals surface area (Å²) >= 11 is 0. The van der Waals surface area contributed by atoms with Crippen molar-refractivity contribution < 1.29 is 13.2 Å². The van der Waals surface area contributed by atoms with Gasteiger partial charge in [0.15, 0.2) is 0 Å². The van der Waals surface area contributed by atoms with Crippen molar-refractivity contribution in [2.24, 2.45) is 5.73 Å². The van der Waals surface area contributed by atoms with Gasteiger partial charge in [-0.15, -0.1) is 0 Å². The number of nitrogens with two attached hydrogens (primary N) is 1. The largest absolute Gasteiger partial charge is 0.390 e. The number of halogens is 3. The van der Waals surface area contributed by atoms with Gasteiger partial charge in [-0.05, 0) is 12.6 Å². The summed E-state index contributed by atoms with van der Waals surface area (Å²) < 4.78 is 36.3. The second kappa shape index (κ2) is 6.75. The van der Waals surface area contributed by atoms with Crippen LogP contribution in [0.15, 0.2) is 30.3 Å². The third kappa shape index (κ3) is 5.51. The second-order valence-electron chi connectivity index (χ2n) is 4.47. The predicted octanol–water partition coefficient (Wildman–Crippen LogP) is 2.61. The Hall–Kier alpha value is -1.07. The summed E-state index contributed by atoms with van der Waals surface area (Å²) in [5.74, 6) is 0.0735. The number of alkyl halides is 3. The molecule has 1 atom stereocenters. The molecule has 1 aromatic carbocycles. The molecule has 0 saturated heterocycles. The lowest BCUT2D eigenvalue weighted by Gasteiger charge is -2.23. The van der Waals surface area contributed by atoms with Crippen molar-refractivity contribution in [2.75, 3.05) is 26.7 Å². The molecule has 2 nitrogen and oxygen atoms in total. The van der Waals surface area contributed by atoms with E-state index in [0.717, 1.165) is 5.56 Å². The highest BCUT2D eigenvalue weighted by atomic mass is 19.4. The summed E-state index contributed by atoms with van der Waals surface area (Å²) in [5.41, 5.74) is 6.75. The van der Waals surface area contributed by atoms with Gasteiger partial charge < -0.3 is 10.6 Å². The average molecular weight is 260 g/mol. The standard InChI is InChI=1S/C13H19F3N2/c1-18(8-7-13(14,15)16)10-12(9-17)11-5-3-2-4-6-11/h2-6,12H,7-10,17H2,1H3. The van der Waals surface area contributed by atoms with Crippen molar-refractivity contribution in [1.29, 1.82) is 0 Å². The molecular weight excluding hydrogens is 241 g/mol. The quantitative estimate of drug-likeness (QED) is 0.852. The van der Waals surface area contributed by atoms with Crippen molar-refractivity contribution in [3.63, 3.8) is 0 Å². The number of hydrogen-bond donors (Lipinski definition) is 1. The van der Waals surface area contributed by atoms with E-state index in [1.54, 1.807) is 11.9 Å². The monoisotopic (exact) mass is 260 g/mol. The lowest BCUT2D eigenvalue weighted by molar-refractivity contribution is -0.137. The van der Waals surface area contributed by atoms with Crippen LogP contribution in [0.1, 0.15) is 17.9 Å². The minimum Gasteiger partial charge on any atom is -0.330 e. The molecule has 5 heteroatoms. The van der Waals surface area contributed by atoms with Crippen molar-refractivity contribution in [3.8, 4) is 0 Å². The molecule has 0 amide bonds. The summed E-state index contributed by atoms with van der Waals surface area (Å²) in [4.78, 5) is 1.68. The summed E-state index contributed by atoms with van der Waals surface area (Å²) in [7, 11) is 1.69. The SMILES string of the molecule is CN(CCC(F)(F)F)CC(CN)c1ccccc1. The van der Waals surface area contributed by atoms with Crippen LogP contribution in [0.4, 0.5) is 13.2 Å². The first kappa shape index (κ1) is 15.0. The molecule has 0 bridgehead atoms. The van der Waals surface area contributed by atoms with E-state index in [-0.39, 0.29) is 12.5 Å². The van der Waals surface area contributed by atoms with E-state index in [4.69, 9.17) is 5.73 Å². The van der Waals surface area contributed by atoms with Crippen molar-refractivity contribution in [1.82, 2.24) is 4.90 Å². The first-order valence-corrected chi connectivity index (χ1v) is 5.92. The zero-order chi connectivity index (χ0) is 13.6. The third-order valence-electron chi connectivity index (χ3n) is 2.86. The maximum atomic E-state index is 12.1. The Labute approximate surface area is 106 Å². The molecule has 0 spiro atoms. The lowest BCUT2D eigenvalue weighted by atomic mass is 9.99. The number of rotatable bonds is 6. The molecule has 1 unspecified atom stereocenters. The third-order valence-corrected chi connectivity index (χ3v) is 2.86. The second-order valence-corrected chi connectivity index (χ2v) is 4.47. The summed E-state index contributed by atoms with van der Waals surface area (Å²) in [6.45, 7) is 0.976. The van der Waals surface area contributed by atoms with E-state index < -0.39 is 12.6 Å². The van der Waals surface area contributed by atoms with Crippen LogP contribution in [0.5, 0.6) is 0 Å². The van der Waals surface area contributed by atoms with Crippen LogP contribution in [0.25, 0.3) is 0 Å². The van der Waals surface area contributed by atoms with Gasteiger partial charge in [0.2, 0.25) is 0 Å². The fraction of sp³-hybridized carbons (Fsp3) is 0.538. The topological polar surface area (TPSA) is 29.3 Å². The number of likely N-dealkylation sites (N-methyl/N-ethyl adjacent to an activating group) is 1. The van der Waals surface area contributed by atoms with E-state index in [2.05, 4.69) is 0 Å². The number of benzene rings is 1. The van der Waals surface area contributed by atoms with E-state index >= 15 is 0 Å². The van der Waals surface area contributed by atoms with Crippen LogP contribution in [-0.2, 0) is 0 Å². The first-order valence-electron chi connectivity index (χ1n) is 5.92. The Morgan fingerprint density at radius 1 is 1.22 bits per heavy atom. The van der Waals surface area contributed by atoms with Gasteiger partial charge in [0.25, 0.3) is 0 Å². The average Bonchev–Trinajstić information content (AvgIpc) is 2.33.